The number of piperidine rings is 1. The summed E-state index contributed by atoms with van der Waals surface area (Å²) in [6.45, 7) is 8.26. The second-order valence-electron chi connectivity index (χ2n) is 7.52. The zero-order valence-electron chi connectivity index (χ0n) is 16.0. The Balaban J connectivity index is 1.86. The summed E-state index contributed by atoms with van der Waals surface area (Å²) >= 11 is 0. The highest BCUT2D eigenvalue weighted by atomic mass is 16.5. The van der Waals surface area contributed by atoms with Gasteiger partial charge in [0.05, 0.1) is 0 Å². The van der Waals surface area contributed by atoms with Gasteiger partial charge in [0.25, 0.3) is 11.8 Å². The van der Waals surface area contributed by atoms with Crippen molar-refractivity contribution in [2.24, 2.45) is 11.8 Å². The molecule has 2 heterocycles. The zero-order valence-corrected chi connectivity index (χ0v) is 16.0. The molecule has 0 unspecified atom stereocenters. The Morgan fingerprint density at radius 1 is 1.15 bits per heavy atom. The fourth-order valence-corrected chi connectivity index (χ4v) is 3.82. The Bertz CT molecular complexity index is 577. The summed E-state index contributed by atoms with van der Waals surface area (Å²) in [5.41, 5.74) is -0.951. The number of esters is 1. The van der Waals surface area contributed by atoms with Crippen molar-refractivity contribution in [3.8, 4) is 0 Å². The van der Waals surface area contributed by atoms with E-state index in [1.54, 1.807) is 4.90 Å². The fraction of sp³-hybridized carbons (Fsp3) is 0.778. The van der Waals surface area contributed by atoms with Gasteiger partial charge < -0.3 is 15.0 Å². The van der Waals surface area contributed by atoms with Crippen molar-refractivity contribution in [2.75, 3.05) is 26.2 Å². The molecule has 0 radical (unpaired) electrons. The first-order valence-corrected chi connectivity index (χ1v) is 9.29. The van der Waals surface area contributed by atoms with Crippen molar-refractivity contribution in [3.63, 3.8) is 0 Å². The molecule has 0 aromatic heterocycles. The normalized spacial score (nSPS) is 25.2. The molecule has 0 spiro atoms. The van der Waals surface area contributed by atoms with Crippen LogP contribution >= 0.6 is 0 Å². The first-order chi connectivity index (χ1) is 12.2. The lowest BCUT2D eigenvalue weighted by molar-refractivity contribution is -0.154. The summed E-state index contributed by atoms with van der Waals surface area (Å²) < 4.78 is 5.02. The summed E-state index contributed by atoms with van der Waals surface area (Å²) in [5, 5.41) is 2.65. The van der Waals surface area contributed by atoms with E-state index in [9.17, 15) is 19.2 Å². The summed E-state index contributed by atoms with van der Waals surface area (Å²) in [7, 11) is 0. The number of nitrogens with zero attached hydrogens (tertiary/aromatic N) is 2. The minimum Gasteiger partial charge on any atom is -0.454 e. The van der Waals surface area contributed by atoms with Crippen LogP contribution in [-0.2, 0) is 19.1 Å². The Labute approximate surface area is 154 Å². The second kappa shape index (κ2) is 8.05. The first kappa shape index (κ1) is 20.2. The van der Waals surface area contributed by atoms with Gasteiger partial charge in [-0.1, -0.05) is 27.7 Å². The number of rotatable bonds is 6. The van der Waals surface area contributed by atoms with Crippen LogP contribution in [0.5, 0.6) is 0 Å². The number of likely N-dealkylation sites (tertiary alicyclic amines) is 1. The summed E-state index contributed by atoms with van der Waals surface area (Å²) in [4.78, 5) is 51.3. The molecule has 1 N–H and O–H groups in total. The monoisotopic (exact) mass is 367 g/mol. The van der Waals surface area contributed by atoms with Gasteiger partial charge in [0.15, 0.2) is 6.61 Å². The lowest BCUT2D eigenvalue weighted by Crippen LogP contribution is -2.46. The highest BCUT2D eigenvalue weighted by molar-refractivity contribution is 6.08. The number of ether oxygens (including phenoxy) is 1. The lowest BCUT2D eigenvalue weighted by Gasteiger charge is -2.34. The summed E-state index contributed by atoms with van der Waals surface area (Å²) in [6.07, 6.45) is 1.97. The molecular weight excluding hydrogens is 338 g/mol. The van der Waals surface area contributed by atoms with Crippen molar-refractivity contribution in [1.82, 2.24) is 15.1 Å². The van der Waals surface area contributed by atoms with Gasteiger partial charge in [-0.15, -0.1) is 0 Å². The lowest BCUT2D eigenvalue weighted by atomic mass is 9.92. The van der Waals surface area contributed by atoms with E-state index in [1.807, 2.05) is 13.8 Å². The van der Waals surface area contributed by atoms with Crippen LogP contribution in [0.4, 0.5) is 4.79 Å². The quantitative estimate of drug-likeness (QED) is 0.561. The van der Waals surface area contributed by atoms with Gasteiger partial charge in [0.1, 0.15) is 12.1 Å². The number of carbonyl (C=O) groups excluding carboxylic acids is 4. The van der Waals surface area contributed by atoms with Crippen molar-refractivity contribution in [1.29, 1.82) is 0 Å². The number of hydrogen-bond donors (Lipinski definition) is 1. The highest BCUT2D eigenvalue weighted by Crippen LogP contribution is 2.25. The van der Waals surface area contributed by atoms with Crippen LogP contribution in [0.15, 0.2) is 0 Å². The third-order valence-electron chi connectivity index (χ3n) is 5.32. The number of nitrogens with one attached hydrogen (secondary N) is 1. The number of urea groups is 1. The molecule has 0 saturated carbocycles. The molecule has 2 fully saturated rings. The highest BCUT2D eigenvalue weighted by Gasteiger charge is 2.49. The molecule has 2 rings (SSSR count). The van der Waals surface area contributed by atoms with E-state index in [-0.39, 0.29) is 12.5 Å². The Morgan fingerprint density at radius 3 is 2.23 bits per heavy atom. The molecule has 8 heteroatoms. The zero-order chi connectivity index (χ0) is 19.5. The van der Waals surface area contributed by atoms with Gasteiger partial charge >= 0.3 is 12.0 Å². The largest absolute Gasteiger partial charge is 0.454 e. The Hall–Kier alpha value is -2.12. The van der Waals surface area contributed by atoms with Crippen LogP contribution < -0.4 is 5.32 Å². The fourth-order valence-electron chi connectivity index (χ4n) is 3.82. The molecule has 26 heavy (non-hydrogen) atoms. The topological polar surface area (TPSA) is 96.0 Å². The number of hydrogen-bond acceptors (Lipinski definition) is 5. The van der Waals surface area contributed by atoms with Gasteiger partial charge in [-0.3, -0.25) is 19.3 Å². The van der Waals surface area contributed by atoms with Gasteiger partial charge in [-0.2, -0.15) is 0 Å². The van der Waals surface area contributed by atoms with Crippen LogP contribution in [-0.4, -0.2) is 65.4 Å². The molecule has 2 aliphatic heterocycles. The third-order valence-corrected chi connectivity index (χ3v) is 5.32. The molecule has 0 bridgehead atoms. The maximum atomic E-state index is 12.5. The van der Waals surface area contributed by atoms with E-state index in [1.165, 1.54) is 0 Å². The van der Waals surface area contributed by atoms with Gasteiger partial charge in [-0.25, -0.2) is 4.79 Å². The molecule has 2 aliphatic rings. The van der Waals surface area contributed by atoms with E-state index < -0.39 is 30.0 Å². The predicted octanol–water partition coefficient (Wildman–Crippen LogP) is 1.14. The molecule has 146 valence electrons. The molecule has 8 nitrogen and oxygen atoms in total. The molecule has 2 atom stereocenters. The minimum absolute atomic E-state index is 0.245. The second-order valence-corrected chi connectivity index (χ2v) is 7.52. The predicted molar refractivity (Wildman–Crippen MR) is 94.0 cm³/mol. The van der Waals surface area contributed by atoms with E-state index in [2.05, 4.69) is 19.2 Å². The number of imide groups is 1. The van der Waals surface area contributed by atoms with Crippen molar-refractivity contribution in [3.05, 3.63) is 0 Å². The number of carbonyl (C=O) groups is 4. The van der Waals surface area contributed by atoms with Crippen molar-refractivity contribution in [2.45, 2.75) is 52.5 Å². The van der Waals surface area contributed by atoms with Crippen LogP contribution in [0.1, 0.15) is 47.0 Å². The van der Waals surface area contributed by atoms with Crippen LogP contribution in [0.2, 0.25) is 0 Å². The van der Waals surface area contributed by atoms with Crippen LogP contribution in [0.3, 0.4) is 0 Å². The summed E-state index contributed by atoms with van der Waals surface area (Å²) in [6, 6.07) is -0.597. The van der Waals surface area contributed by atoms with Gasteiger partial charge in [0, 0.05) is 13.1 Å². The Morgan fingerprint density at radius 2 is 1.73 bits per heavy atom. The first-order valence-electron chi connectivity index (χ1n) is 9.29. The van der Waals surface area contributed by atoms with E-state index in [0.29, 0.717) is 37.8 Å². The van der Waals surface area contributed by atoms with Gasteiger partial charge in [-0.05, 0) is 31.1 Å². The van der Waals surface area contributed by atoms with Crippen LogP contribution in [0, 0.1) is 11.8 Å². The molecule has 4 amide bonds. The van der Waals surface area contributed by atoms with E-state index in [0.717, 1.165) is 11.3 Å². The maximum absolute atomic E-state index is 12.5. The molecule has 0 aromatic carbocycles. The maximum Gasteiger partial charge on any atom is 0.326 e. The average Bonchev–Trinajstić information content (AvgIpc) is 2.83. The number of amides is 4. The standard InChI is InChI=1S/C18H29N3O5/c1-5-18(6-2)16(24)21(17(25)19-18)10-15(23)26-11-14(22)20-8-12(3)7-13(4)9-20/h12-13H,5-11H2,1-4H3,(H,19,25)/t12-,13-/m0/s1. The van der Waals surface area contributed by atoms with Crippen LogP contribution in [0.25, 0.3) is 0 Å². The molecule has 0 aromatic rings. The minimum atomic E-state index is -0.951. The Kier molecular flexibility index (Phi) is 6.26. The molecule has 0 aliphatic carbocycles. The van der Waals surface area contributed by atoms with Crippen molar-refractivity contribution >= 4 is 23.8 Å². The SMILES string of the molecule is CCC1(CC)NC(=O)N(CC(=O)OCC(=O)N2C[C@@H](C)C[C@H](C)C2)C1=O. The molecule has 2 saturated heterocycles. The average molecular weight is 367 g/mol. The van der Waals surface area contributed by atoms with E-state index in [4.69, 9.17) is 4.74 Å². The third kappa shape index (κ3) is 4.16. The van der Waals surface area contributed by atoms with E-state index >= 15 is 0 Å². The van der Waals surface area contributed by atoms with Crippen molar-refractivity contribution < 1.29 is 23.9 Å². The summed E-state index contributed by atoms with van der Waals surface area (Å²) in [5.74, 6) is -0.594. The van der Waals surface area contributed by atoms with Gasteiger partial charge in [0.2, 0.25) is 0 Å². The molecular formula is C18H29N3O5. The smallest absolute Gasteiger partial charge is 0.326 e.